The molecule has 0 heterocycles. The predicted molar refractivity (Wildman–Crippen MR) is 80.5 cm³/mol. The van der Waals surface area contributed by atoms with Crippen molar-refractivity contribution >= 4 is 17.3 Å². The highest BCUT2D eigenvalue weighted by molar-refractivity contribution is 5.90. The molecule has 0 unspecified atom stereocenters. The molecule has 0 aromatic heterocycles. The molecule has 1 amide bonds. The summed E-state index contributed by atoms with van der Waals surface area (Å²) in [6, 6.07) is 6.75. The molecular weight excluding hydrogens is 236 g/mol. The molecule has 104 valence electrons. The summed E-state index contributed by atoms with van der Waals surface area (Å²) >= 11 is 0. The number of amides is 1. The Morgan fingerprint density at radius 3 is 2.58 bits per heavy atom. The van der Waals surface area contributed by atoms with Gasteiger partial charge < -0.3 is 10.6 Å². The van der Waals surface area contributed by atoms with Gasteiger partial charge in [0.15, 0.2) is 0 Å². The van der Waals surface area contributed by atoms with Gasteiger partial charge in [-0.1, -0.05) is 19.9 Å². The van der Waals surface area contributed by atoms with Crippen LogP contribution in [0.15, 0.2) is 18.2 Å². The number of hydrogen-bond donors (Lipinski definition) is 2. The maximum atomic E-state index is 11.2. The summed E-state index contributed by atoms with van der Waals surface area (Å²) in [5.41, 5.74) is 3.09. The van der Waals surface area contributed by atoms with Gasteiger partial charge in [-0.15, -0.1) is 0 Å². The topological polar surface area (TPSA) is 41.1 Å². The number of carbonyl (C=O) groups is 1. The smallest absolute Gasteiger partial charge is 0.221 e. The van der Waals surface area contributed by atoms with Crippen molar-refractivity contribution in [2.24, 2.45) is 11.8 Å². The fourth-order valence-corrected chi connectivity index (χ4v) is 2.60. The highest BCUT2D eigenvalue weighted by Gasteiger charge is 2.30. The SMILES string of the molecule is CC(=O)Nc1cc(NC2CC(C(C)C)C2)ccc1C. The van der Waals surface area contributed by atoms with Gasteiger partial charge in [-0.25, -0.2) is 0 Å². The Labute approximate surface area is 115 Å². The van der Waals surface area contributed by atoms with Gasteiger partial charge >= 0.3 is 0 Å². The Hall–Kier alpha value is -1.51. The van der Waals surface area contributed by atoms with E-state index in [2.05, 4.69) is 30.5 Å². The van der Waals surface area contributed by atoms with E-state index in [9.17, 15) is 4.79 Å². The average molecular weight is 260 g/mol. The van der Waals surface area contributed by atoms with Crippen LogP contribution in [0, 0.1) is 18.8 Å². The normalized spacial score (nSPS) is 21.9. The first-order valence-corrected chi connectivity index (χ1v) is 7.10. The van der Waals surface area contributed by atoms with E-state index in [1.165, 1.54) is 12.8 Å². The van der Waals surface area contributed by atoms with Crippen LogP contribution in [-0.2, 0) is 4.79 Å². The average Bonchev–Trinajstić information content (AvgIpc) is 2.25. The molecule has 0 radical (unpaired) electrons. The van der Waals surface area contributed by atoms with E-state index in [4.69, 9.17) is 0 Å². The second-order valence-corrected chi connectivity index (χ2v) is 6.03. The third-order valence-corrected chi connectivity index (χ3v) is 4.04. The summed E-state index contributed by atoms with van der Waals surface area (Å²) < 4.78 is 0. The summed E-state index contributed by atoms with van der Waals surface area (Å²) in [5.74, 6) is 1.62. The van der Waals surface area contributed by atoms with Crippen molar-refractivity contribution in [3.05, 3.63) is 23.8 Å². The first-order chi connectivity index (χ1) is 8.95. The van der Waals surface area contributed by atoms with Gasteiger partial charge in [0.2, 0.25) is 5.91 Å². The van der Waals surface area contributed by atoms with Gasteiger partial charge in [-0.05, 0) is 49.3 Å². The van der Waals surface area contributed by atoms with Crippen molar-refractivity contribution in [3.8, 4) is 0 Å². The van der Waals surface area contributed by atoms with Gasteiger partial charge in [0.05, 0.1) is 0 Å². The van der Waals surface area contributed by atoms with Crippen LogP contribution < -0.4 is 10.6 Å². The van der Waals surface area contributed by atoms with Gasteiger partial charge in [-0.2, -0.15) is 0 Å². The molecule has 2 rings (SSSR count). The standard InChI is InChI=1S/C16H24N2O/c1-10(2)13-7-15(8-13)18-14-6-5-11(3)16(9-14)17-12(4)19/h5-6,9-10,13,15,18H,7-8H2,1-4H3,(H,17,19). The van der Waals surface area contributed by atoms with Crippen molar-refractivity contribution in [1.29, 1.82) is 0 Å². The molecule has 1 fully saturated rings. The zero-order valence-corrected chi connectivity index (χ0v) is 12.3. The second-order valence-electron chi connectivity index (χ2n) is 6.03. The lowest BCUT2D eigenvalue weighted by molar-refractivity contribution is -0.114. The maximum Gasteiger partial charge on any atom is 0.221 e. The number of nitrogens with one attached hydrogen (secondary N) is 2. The fourth-order valence-electron chi connectivity index (χ4n) is 2.60. The molecule has 1 aliphatic rings. The molecule has 2 N–H and O–H groups in total. The summed E-state index contributed by atoms with van der Waals surface area (Å²) in [7, 11) is 0. The predicted octanol–water partition coefficient (Wildman–Crippen LogP) is 3.80. The lowest BCUT2D eigenvalue weighted by Gasteiger charge is -2.39. The molecule has 0 bridgehead atoms. The second kappa shape index (κ2) is 5.64. The third kappa shape index (κ3) is 3.49. The van der Waals surface area contributed by atoms with Gasteiger partial charge in [0.1, 0.15) is 0 Å². The monoisotopic (exact) mass is 260 g/mol. The van der Waals surface area contributed by atoms with Crippen molar-refractivity contribution in [3.63, 3.8) is 0 Å². The van der Waals surface area contributed by atoms with Gasteiger partial charge in [-0.3, -0.25) is 4.79 Å². The number of anilines is 2. The number of hydrogen-bond acceptors (Lipinski definition) is 2. The molecule has 0 saturated heterocycles. The van der Waals surface area contributed by atoms with E-state index in [1.807, 2.05) is 19.1 Å². The highest BCUT2D eigenvalue weighted by Crippen LogP contribution is 2.35. The Bertz CT molecular complexity index is 462. The molecule has 0 aliphatic heterocycles. The Morgan fingerprint density at radius 1 is 1.32 bits per heavy atom. The van der Waals surface area contributed by atoms with E-state index >= 15 is 0 Å². The Morgan fingerprint density at radius 2 is 2.00 bits per heavy atom. The molecule has 1 aliphatic carbocycles. The first-order valence-electron chi connectivity index (χ1n) is 7.10. The maximum absolute atomic E-state index is 11.2. The van der Waals surface area contributed by atoms with Crippen LogP contribution in [0.3, 0.4) is 0 Å². The molecule has 3 nitrogen and oxygen atoms in total. The largest absolute Gasteiger partial charge is 0.382 e. The van der Waals surface area contributed by atoms with Crippen LogP contribution in [0.5, 0.6) is 0 Å². The highest BCUT2D eigenvalue weighted by atomic mass is 16.1. The molecule has 0 atom stereocenters. The van der Waals surface area contributed by atoms with Crippen LogP contribution in [0.4, 0.5) is 11.4 Å². The molecule has 1 saturated carbocycles. The number of aryl methyl sites for hydroxylation is 1. The van der Waals surface area contributed by atoms with Gasteiger partial charge in [0.25, 0.3) is 0 Å². The van der Waals surface area contributed by atoms with E-state index in [1.54, 1.807) is 6.92 Å². The minimum atomic E-state index is -0.0243. The van der Waals surface area contributed by atoms with Crippen LogP contribution in [-0.4, -0.2) is 11.9 Å². The third-order valence-electron chi connectivity index (χ3n) is 4.04. The minimum Gasteiger partial charge on any atom is -0.382 e. The lowest BCUT2D eigenvalue weighted by Crippen LogP contribution is -2.37. The van der Waals surface area contributed by atoms with Crippen molar-refractivity contribution in [1.82, 2.24) is 0 Å². The van der Waals surface area contributed by atoms with Gasteiger partial charge in [0, 0.05) is 24.3 Å². The molecule has 1 aromatic rings. The molecule has 1 aromatic carbocycles. The Kier molecular flexibility index (Phi) is 4.13. The van der Waals surface area contributed by atoms with E-state index < -0.39 is 0 Å². The van der Waals surface area contributed by atoms with Crippen LogP contribution in [0.2, 0.25) is 0 Å². The minimum absolute atomic E-state index is 0.0243. The van der Waals surface area contributed by atoms with Crippen molar-refractivity contribution < 1.29 is 4.79 Å². The molecule has 0 spiro atoms. The van der Waals surface area contributed by atoms with Crippen LogP contribution in [0.25, 0.3) is 0 Å². The van der Waals surface area contributed by atoms with Crippen molar-refractivity contribution in [2.75, 3.05) is 10.6 Å². The summed E-state index contributed by atoms with van der Waals surface area (Å²) in [5, 5.41) is 6.42. The molecular formula is C16H24N2O. The summed E-state index contributed by atoms with van der Waals surface area (Å²) in [6.45, 7) is 8.13. The lowest BCUT2D eigenvalue weighted by atomic mass is 9.73. The summed E-state index contributed by atoms with van der Waals surface area (Å²) in [4.78, 5) is 11.2. The first kappa shape index (κ1) is 13.9. The molecule has 19 heavy (non-hydrogen) atoms. The van der Waals surface area contributed by atoms with E-state index in [0.29, 0.717) is 6.04 Å². The van der Waals surface area contributed by atoms with Crippen LogP contribution in [0.1, 0.15) is 39.2 Å². The van der Waals surface area contributed by atoms with Crippen LogP contribution >= 0.6 is 0 Å². The molecule has 3 heteroatoms. The summed E-state index contributed by atoms with van der Waals surface area (Å²) in [6.07, 6.45) is 2.50. The zero-order chi connectivity index (χ0) is 14.0. The van der Waals surface area contributed by atoms with E-state index in [0.717, 1.165) is 28.8 Å². The zero-order valence-electron chi connectivity index (χ0n) is 12.3. The number of rotatable bonds is 4. The Balaban J connectivity index is 1.96. The number of benzene rings is 1. The quantitative estimate of drug-likeness (QED) is 0.864. The fraction of sp³-hybridized carbons (Fsp3) is 0.562. The van der Waals surface area contributed by atoms with E-state index in [-0.39, 0.29) is 5.91 Å². The number of carbonyl (C=O) groups excluding carboxylic acids is 1. The van der Waals surface area contributed by atoms with Crippen molar-refractivity contribution in [2.45, 2.75) is 46.6 Å².